The quantitative estimate of drug-likeness (QED) is 0.0202. The Labute approximate surface area is 489 Å². The van der Waals surface area contributed by atoms with Crippen LogP contribution in [0.15, 0.2) is 120 Å². The summed E-state index contributed by atoms with van der Waals surface area (Å²) in [5.74, 6) is 13.6. The molecule has 3 aliphatic carbocycles. The van der Waals surface area contributed by atoms with Gasteiger partial charge in [0.25, 0.3) is 0 Å². The molecule has 3 aromatic heterocycles. The number of aliphatic hydroxyl groups is 1. The van der Waals surface area contributed by atoms with Gasteiger partial charge in [-0.05, 0) is 116 Å². The lowest BCUT2D eigenvalue weighted by Crippen LogP contribution is -2.75. The Bertz CT molecular complexity index is 3510. The van der Waals surface area contributed by atoms with Gasteiger partial charge in [0, 0.05) is 105 Å². The molecule has 0 radical (unpaired) electrons. The fourth-order valence-corrected chi connectivity index (χ4v) is 15.0. The van der Waals surface area contributed by atoms with E-state index in [9.17, 15) is 25.2 Å². The standard InChI is InChI=1S/C66H75N9O9/c1-39(76)82-55-34-54(45-32-52(78)60(79)57(33-45)81-29-22-41-9-6-25-68-36-41)84-61-47(55)17-15-46-16-18-48-53-13-5-24-66(48)59(62(75-37-44-21-28-69-50(44)38-75)73-64(74-66)71-26-7-8-40-20-27-70-58(67)31-40)63(80)72-49-12-3-2-10-43(49)11-4-23-65(46,61)35-42-14-19-51(77)56(30-42)83-53/h6,9,14-15,17,19-21,25,28,30-33,36-38,43,46-49,53-55,59,61-63,69-70,72,77-80H,2-3,5,7-8,10,12-13,22-24,26-27,29,34-35,67H2,1H3,(H2,71,73,74). The predicted octanol–water partition coefficient (Wildman–Crippen LogP) is 7.55. The van der Waals surface area contributed by atoms with Gasteiger partial charge in [-0.3, -0.25) is 20.1 Å². The van der Waals surface area contributed by atoms with E-state index in [2.05, 4.69) is 96.2 Å². The highest BCUT2D eigenvalue weighted by atomic mass is 16.6. The molecule has 0 amide bonds. The SMILES string of the molecule is CC(=O)OC1CC(c2cc(O)c(O)c(OCCc3cccnc3)c2)OC2C1C=CC1C#CC3C4CCCC35NC(=NCCCC3=CCNC(N)=C3)NC(n3cc6cc[nH]c6c3)C5C(O)NC3CCCCC3C#CCC12Cc1ccc(O)c(c1)O4. The van der Waals surface area contributed by atoms with Crippen LogP contribution in [0, 0.1) is 58.7 Å². The second kappa shape index (κ2) is 23.2. The number of esters is 1. The number of aromatic nitrogens is 3. The number of carbonyl (C=O) groups excluding carboxylic acids is 1. The van der Waals surface area contributed by atoms with Crippen LogP contribution in [0.5, 0.6) is 28.7 Å². The van der Waals surface area contributed by atoms with Crippen LogP contribution < -0.4 is 36.5 Å². The summed E-state index contributed by atoms with van der Waals surface area (Å²) < 4.78 is 29.4. The number of allylic oxidation sites excluding steroid dienone is 3. The third-order valence-corrected chi connectivity index (χ3v) is 19.0. The predicted molar refractivity (Wildman–Crippen MR) is 316 cm³/mol. The molecule has 5 aromatic rings. The Morgan fingerprint density at radius 1 is 1.01 bits per heavy atom. The molecule has 438 valence electrons. The minimum absolute atomic E-state index is 0.00727. The van der Waals surface area contributed by atoms with Gasteiger partial charge in [0.2, 0.25) is 5.75 Å². The Morgan fingerprint density at radius 2 is 1.92 bits per heavy atom. The van der Waals surface area contributed by atoms with Crippen LogP contribution in [0.25, 0.3) is 10.9 Å². The maximum atomic E-state index is 13.4. The number of rotatable bonds is 11. The van der Waals surface area contributed by atoms with Crippen molar-refractivity contribution < 1.29 is 44.2 Å². The number of aliphatic imine (C=N–C) groups is 1. The summed E-state index contributed by atoms with van der Waals surface area (Å²) in [4.78, 5) is 26.2. The van der Waals surface area contributed by atoms with E-state index in [1.807, 2.05) is 36.5 Å². The number of phenols is 3. The minimum Gasteiger partial charge on any atom is -0.504 e. The first-order valence-corrected chi connectivity index (χ1v) is 30.0. The zero-order chi connectivity index (χ0) is 57.5. The van der Waals surface area contributed by atoms with Crippen LogP contribution in [-0.2, 0) is 27.1 Å². The van der Waals surface area contributed by atoms with E-state index in [-0.39, 0.29) is 42.2 Å². The number of nitrogens with zero attached hydrogens (tertiary/aromatic N) is 3. The van der Waals surface area contributed by atoms with Gasteiger partial charge >= 0.3 is 5.97 Å². The maximum Gasteiger partial charge on any atom is 0.302 e. The van der Waals surface area contributed by atoms with E-state index in [4.69, 9.17) is 29.7 Å². The molecular formula is C66H75N9O9. The lowest BCUT2D eigenvalue weighted by molar-refractivity contribution is -0.197. The summed E-state index contributed by atoms with van der Waals surface area (Å²) >= 11 is 0. The molecule has 14 atom stereocenters. The fourth-order valence-electron chi connectivity index (χ4n) is 15.0. The molecule has 14 unspecified atom stereocenters. The molecule has 8 heterocycles. The summed E-state index contributed by atoms with van der Waals surface area (Å²) in [5.41, 5.74) is 8.72. The average molecular weight is 1140 g/mol. The molecule has 2 saturated carbocycles. The molecule has 2 saturated heterocycles. The van der Waals surface area contributed by atoms with Crippen LogP contribution in [0.3, 0.4) is 0 Å². The van der Waals surface area contributed by atoms with E-state index in [0.717, 1.165) is 66.1 Å². The van der Waals surface area contributed by atoms with Crippen molar-refractivity contribution in [1.82, 2.24) is 35.8 Å². The molecule has 1 spiro atoms. The van der Waals surface area contributed by atoms with Crippen molar-refractivity contribution in [3.63, 3.8) is 0 Å². The van der Waals surface area contributed by atoms with Crippen LogP contribution in [0.2, 0.25) is 0 Å². The van der Waals surface area contributed by atoms with Gasteiger partial charge in [0.05, 0.1) is 47.5 Å². The summed E-state index contributed by atoms with van der Waals surface area (Å²) in [6.45, 7) is 2.81. The number of aromatic hydroxyl groups is 3. The van der Waals surface area contributed by atoms with Gasteiger partial charge in [-0.2, -0.15) is 0 Å². The van der Waals surface area contributed by atoms with Crippen LogP contribution in [-0.4, -0.2) is 103 Å². The first kappa shape index (κ1) is 55.2. The smallest absolute Gasteiger partial charge is 0.302 e. The molecule has 84 heavy (non-hydrogen) atoms. The van der Waals surface area contributed by atoms with Crippen molar-refractivity contribution in [2.24, 2.45) is 45.7 Å². The van der Waals surface area contributed by atoms with Crippen molar-refractivity contribution in [2.75, 3.05) is 19.7 Å². The number of hydrogen-bond acceptors (Lipinski definition) is 14. The average Bonchev–Trinajstić information content (AvgIpc) is 1.17. The third-order valence-electron chi connectivity index (χ3n) is 19.0. The molecule has 11 N–H and O–H groups in total. The number of fused-ring (bicyclic) bond motifs is 5. The molecule has 13 rings (SSSR count). The second-order valence-corrected chi connectivity index (χ2v) is 24.3. The van der Waals surface area contributed by atoms with Gasteiger partial charge in [-0.25, -0.2) is 0 Å². The first-order valence-electron chi connectivity index (χ1n) is 30.0. The highest BCUT2D eigenvalue weighted by Crippen LogP contribution is 2.56. The molecule has 18 heteroatoms. The van der Waals surface area contributed by atoms with Crippen molar-refractivity contribution in [1.29, 1.82) is 0 Å². The van der Waals surface area contributed by atoms with Crippen LogP contribution >= 0.6 is 0 Å². The zero-order valence-corrected chi connectivity index (χ0v) is 47.3. The van der Waals surface area contributed by atoms with Crippen molar-refractivity contribution >= 4 is 22.8 Å². The highest BCUT2D eigenvalue weighted by molar-refractivity contribution is 5.83. The number of hydrogen-bond donors (Lipinski definition) is 10. The summed E-state index contributed by atoms with van der Waals surface area (Å²) in [7, 11) is 0. The molecule has 8 aliphatic rings. The van der Waals surface area contributed by atoms with E-state index in [0.29, 0.717) is 74.7 Å². The van der Waals surface area contributed by atoms with E-state index < -0.39 is 83.2 Å². The summed E-state index contributed by atoms with van der Waals surface area (Å²) in [6.07, 6.45) is 22.3. The molecule has 4 fully saturated rings. The number of aromatic amines is 1. The Morgan fingerprint density at radius 3 is 2.77 bits per heavy atom. The van der Waals surface area contributed by atoms with Crippen LogP contribution in [0.4, 0.5) is 0 Å². The lowest BCUT2D eigenvalue weighted by atomic mass is 9.57. The molecule has 18 nitrogen and oxygen atoms in total. The third kappa shape index (κ3) is 10.8. The van der Waals surface area contributed by atoms with Gasteiger partial charge in [0.1, 0.15) is 24.6 Å². The highest BCUT2D eigenvalue weighted by Gasteiger charge is 2.61. The largest absolute Gasteiger partial charge is 0.504 e. The van der Waals surface area contributed by atoms with Crippen LogP contribution in [0.1, 0.15) is 107 Å². The fraction of sp³-hybridized carbons (Fsp3) is 0.470. The monoisotopic (exact) mass is 1140 g/mol. The maximum absolute atomic E-state index is 13.4. The van der Waals surface area contributed by atoms with Crippen molar-refractivity contribution in [3.05, 3.63) is 132 Å². The van der Waals surface area contributed by atoms with Gasteiger partial charge in [-0.15, -0.1) is 5.92 Å². The van der Waals surface area contributed by atoms with Gasteiger partial charge in [-0.1, -0.05) is 61.0 Å². The number of carbonyl (C=O) groups is 1. The zero-order valence-electron chi connectivity index (χ0n) is 47.3. The number of pyridine rings is 1. The van der Waals surface area contributed by atoms with Crippen molar-refractivity contribution in [3.8, 4) is 52.4 Å². The molecule has 5 aliphatic heterocycles. The molecule has 2 aromatic carbocycles. The lowest BCUT2D eigenvalue weighted by Gasteiger charge is -2.57. The number of ether oxygens (including phenoxy) is 4. The molecular weight excluding hydrogens is 1060 g/mol. The number of nitrogens with two attached hydrogens (primary N) is 1. The first-order chi connectivity index (χ1) is 40.9. The Kier molecular flexibility index (Phi) is 15.2. The van der Waals surface area contributed by atoms with Gasteiger partial charge < -0.3 is 70.6 Å². The van der Waals surface area contributed by atoms with E-state index in [1.165, 1.54) is 13.0 Å². The Balaban J connectivity index is 0.963. The minimum atomic E-state index is -1.07. The second-order valence-electron chi connectivity index (χ2n) is 24.3. The summed E-state index contributed by atoms with van der Waals surface area (Å²) in [6, 6.07) is 14.5. The van der Waals surface area contributed by atoms with Gasteiger partial charge in [0.15, 0.2) is 29.0 Å². The van der Waals surface area contributed by atoms with E-state index in [1.54, 1.807) is 24.5 Å². The summed E-state index contributed by atoms with van der Waals surface area (Å²) in [5, 5.41) is 63.7. The number of guanidine groups is 1. The normalized spacial score (nSPS) is 32.6. The van der Waals surface area contributed by atoms with E-state index >= 15 is 0 Å². The number of aliphatic hydroxyl groups excluding tert-OH is 1. The number of phenolic OH excluding ortho intramolecular Hbond substituents is 3. The van der Waals surface area contributed by atoms with Crippen molar-refractivity contribution in [2.45, 2.75) is 139 Å². The number of benzene rings is 2. The number of dihydropyridines is 1. The topological polar surface area (TPSA) is 255 Å². The molecule has 4 bridgehead atoms. The number of nitrogens with one attached hydrogen (secondary N) is 5. The Hall–Kier alpha value is -8.03. The number of H-pyrrole nitrogens is 1.